The van der Waals surface area contributed by atoms with E-state index in [-0.39, 0.29) is 11.3 Å². The van der Waals surface area contributed by atoms with Crippen molar-refractivity contribution in [3.8, 4) is 0 Å². The van der Waals surface area contributed by atoms with Gasteiger partial charge in [0.2, 0.25) is 0 Å². The van der Waals surface area contributed by atoms with Crippen LogP contribution in [0.2, 0.25) is 0 Å². The van der Waals surface area contributed by atoms with Crippen LogP contribution >= 0.6 is 0 Å². The maximum absolute atomic E-state index is 12.0. The normalized spacial score (nSPS) is 14.5. The van der Waals surface area contributed by atoms with Gasteiger partial charge < -0.3 is 4.57 Å². The fraction of sp³-hybridized carbons (Fsp3) is 0.385. The largest absolute Gasteiger partial charge is 0.306 e. The lowest BCUT2D eigenvalue weighted by atomic mass is 9.94. The minimum Gasteiger partial charge on any atom is -0.306 e. The Hall–Kier alpha value is -2.24. The highest BCUT2D eigenvalue weighted by molar-refractivity contribution is 5.97. The molecule has 6 heteroatoms. The van der Waals surface area contributed by atoms with Crippen molar-refractivity contribution in [3.63, 3.8) is 0 Å². The Morgan fingerprint density at radius 1 is 1.26 bits per heavy atom. The molecule has 0 N–H and O–H groups in total. The molecule has 6 nitrogen and oxygen atoms in total. The highest BCUT2D eigenvalue weighted by Gasteiger charge is 2.20. The molecule has 0 bridgehead atoms. The Balaban J connectivity index is 2.07. The van der Waals surface area contributed by atoms with Crippen LogP contribution in [0, 0.1) is 0 Å². The number of pyridine rings is 1. The van der Waals surface area contributed by atoms with Crippen molar-refractivity contribution in [2.75, 3.05) is 0 Å². The van der Waals surface area contributed by atoms with Gasteiger partial charge in [-0.2, -0.15) is 0 Å². The molecule has 0 amide bonds. The predicted octanol–water partition coefficient (Wildman–Crippen LogP) is 0.544. The number of ketones is 1. The first-order valence-corrected chi connectivity index (χ1v) is 6.26. The van der Waals surface area contributed by atoms with Gasteiger partial charge in [0.1, 0.15) is 5.69 Å². The number of hydrogen-bond donors (Lipinski definition) is 0. The first-order chi connectivity index (χ1) is 9.15. The number of fused-ring (bicyclic) bond motifs is 1. The molecule has 0 spiro atoms. The van der Waals surface area contributed by atoms with Crippen LogP contribution in [0.25, 0.3) is 0 Å². The molecule has 0 saturated carbocycles. The number of carbonyl (C=O) groups is 1. The van der Waals surface area contributed by atoms with Crippen LogP contribution in [-0.2, 0) is 20.0 Å². The van der Waals surface area contributed by atoms with Gasteiger partial charge in [-0.15, -0.1) is 5.10 Å². The van der Waals surface area contributed by atoms with Crippen LogP contribution in [-0.4, -0.2) is 25.3 Å². The van der Waals surface area contributed by atoms with Crippen molar-refractivity contribution in [1.29, 1.82) is 0 Å². The number of aromatic nitrogens is 4. The summed E-state index contributed by atoms with van der Waals surface area (Å²) in [6, 6.07) is 3.10. The third-order valence-electron chi connectivity index (χ3n) is 3.38. The number of hydrogen-bond acceptors (Lipinski definition) is 4. The zero-order chi connectivity index (χ0) is 13.4. The second-order valence-electron chi connectivity index (χ2n) is 4.78. The Kier molecular flexibility index (Phi) is 2.77. The Labute approximate surface area is 109 Å². The van der Waals surface area contributed by atoms with E-state index in [1.807, 2.05) is 0 Å². The van der Waals surface area contributed by atoms with E-state index in [0.29, 0.717) is 18.5 Å². The average Bonchev–Trinajstić information content (AvgIpc) is 2.79. The highest BCUT2D eigenvalue weighted by atomic mass is 16.1. The molecule has 0 atom stereocenters. The smallest absolute Gasteiger partial charge is 0.251 e. The van der Waals surface area contributed by atoms with Gasteiger partial charge in [-0.25, -0.2) is 0 Å². The lowest BCUT2D eigenvalue weighted by Crippen LogP contribution is -2.28. The average molecular weight is 258 g/mol. The lowest BCUT2D eigenvalue weighted by molar-refractivity contribution is 0.0970. The first kappa shape index (κ1) is 11.8. The SMILES string of the molecule is Cn1cc(Cn2c3c(ccc2=O)C(=O)CCC3)nn1. The molecule has 0 aromatic carbocycles. The molecule has 19 heavy (non-hydrogen) atoms. The first-order valence-electron chi connectivity index (χ1n) is 6.26. The summed E-state index contributed by atoms with van der Waals surface area (Å²) >= 11 is 0. The molecular formula is C13H14N4O2. The Morgan fingerprint density at radius 2 is 2.11 bits per heavy atom. The molecule has 2 heterocycles. The molecular weight excluding hydrogens is 244 g/mol. The van der Waals surface area contributed by atoms with Gasteiger partial charge in [0.15, 0.2) is 5.78 Å². The van der Waals surface area contributed by atoms with Gasteiger partial charge in [0.05, 0.1) is 6.54 Å². The van der Waals surface area contributed by atoms with Crippen molar-refractivity contribution < 1.29 is 4.79 Å². The van der Waals surface area contributed by atoms with E-state index in [9.17, 15) is 9.59 Å². The highest BCUT2D eigenvalue weighted by Crippen LogP contribution is 2.20. The van der Waals surface area contributed by atoms with E-state index >= 15 is 0 Å². The molecule has 0 unspecified atom stereocenters. The van der Waals surface area contributed by atoms with Gasteiger partial charge in [0, 0.05) is 37.0 Å². The zero-order valence-electron chi connectivity index (χ0n) is 10.7. The topological polar surface area (TPSA) is 69.8 Å². The van der Waals surface area contributed by atoms with Gasteiger partial charge >= 0.3 is 0 Å². The Morgan fingerprint density at radius 3 is 2.84 bits per heavy atom. The Bertz CT molecular complexity index is 699. The summed E-state index contributed by atoms with van der Waals surface area (Å²) in [7, 11) is 1.78. The van der Waals surface area contributed by atoms with Crippen LogP contribution < -0.4 is 5.56 Å². The fourth-order valence-corrected chi connectivity index (χ4v) is 2.50. The van der Waals surface area contributed by atoms with Crippen LogP contribution in [0.3, 0.4) is 0 Å². The number of Topliss-reactive ketones (excluding diaryl/α,β-unsaturated/α-hetero) is 1. The molecule has 0 radical (unpaired) electrons. The summed E-state index contributed by atoms with van der Waals surface area (Å²) in [4.78, 5) is 23.9. The zero-order valence-corrected chi connectivity index (χ0v) is 10.7. The van der Waals surface area contributed by atoms with Crippen LogP contribution in [0.1, 0.15) is 34.6 Å². The van der Waals surface area contributed by atoms with Gasteiger partial charge in [-0.3, -0.25) is 14.3 Å². The van der Waals surface area contributed by atoms with E-state index in [4.69, 9.17) is 0 Å². The van der Waals surface area contributed by atoms with E-state index in [1.54, 1.807) is 28.6 Å². The monoisotopic (exact) mass is 258 g/mol. The van der Waals surface area contributed by atoms with Gasteiger partial charge in [-0.1, -0.05) is 5.21 Å². The minimum atomic E-state index is -0.0981. The molecule has 1 aliphatic carbocycles. The van der Waals surface area contributed by atoms with E-state index in [2.05, 4.69) is 10.3 Å². The van der Waals surface area contributed by atoms with Crippen molar-refractivity contribution in [2.24, 2.45) is 7.05 Å². The van der Waals surface area contributed by atoms with E-state index in [0.717, 1.165) is 24.2 Å². The third-order valence-corrected chi connectivity index (χ3v) is 3.38. The van der Waals surface area contributed by atoms with Crippen LogP contribution in [0.5, 0.6) is 0 Å². The summed E-state index contributed by atoms with van der Waals surface area (Å²) < 4.78 is 3.23. The molecule has 3 rings (SSSR count). The summed E-state index contributed by atoms with van der Waals surface area (Å²) in [5.74, 6) is 0.120. The summed E-state index contributed by atoms with van der Waals surface area (Å²) in [5, 5.41) is 7.84. The quantitative estimate of drug-likeness (QED) is 0.788. The van der Waals surface area contributed by atoms with Crippen LogP contribution in [0.15, 0.2) is 23.1 Å². The number of carbonyl (C=O) groups excluding carboxylic acids is 1. The van der Waals surface area contributed by atoms with E-state index in [1.165, 1.54) is 6.07 Å². The standard InChI is InChI=1S/C13H14N4O2/c1-16-7-9(14-15-16)8-17-11-3-2-4-12(18)10(11)5-6-13(17)19/h5-7H,2-4,8H2,1H3. The van der Waals surface area contributed by atoms with Gasteiger partial charge in [-0.05, 0) is 18.9 Å². The number of aryl methyl sites for hydroxylation is 1. The summed E-state index contributed by atoms with van der Waals surface area (Å²) in [5.41, 5.74) is 2.12. The number of nitrogens with zero attached hydrogens (tertiary/aromatic N) is 4. The number of rotatable bonds is 2. The van der Waals surface area contributed by atoms with Crippen LogP contribution in [0.4, 0.5) is 0 Å². The molecule has 2 aromatic heterocycles. The molecule has 0 fully saturated rings. The van der Waals surface area contributed by atoms with Crippen molar-refractivity contribution >= 4 is 5.78 Å². The maximum Gasteiger partial charge on any atom is 0.251 e. The molecule has 2 aromatic rings. The van der Waals surface area contributed by atoms with Crippen molar-refractivity contribution in [2.45, 2.75) is 25.8 Å². The van der Waals surface area contributed by atoms with Crippen molar-refractivity contribution in [3.05, 3.63) is 45.6 Å². The molecule has 1 aliphatic rings. The third kappa shape index (κ3) is 2.09. The molecule has 98 valence electrons. The summed E-state index contributed by atoms with van der Waals surface area (Å²) in [6.45, 7) is 0.364. The maximum atomic E-state index is 12.0. The molecule has 0 aliphatic heterocycles. The van der Waals surface area contributed by atoms with Gasteiger partial charge in [0.25, 0.3) is 5.56 Å². The minimum absolute atomic E-state index is 0.0981. The summed E-state index contributed by atoms with van der Waals surface area (Å²) in [6.07, 6.45) is 3.90. The predicted molar refractivity (Wildman–Crippen MR) is 68.1 cm³/mol. The molecule has 0 saturated heterocycles. The fourth-order valence-electron chi connectivity index (χ4n) is 2.50. The van der Waals surface area contributed by atoms with Crippen molar-refractivity contribution in [1.82, 2.24) is 19.6 Å². The lowest BCUT2D eigenvalue weighted by Gasteiger charge is -2.19. The van der Waals surface area contributed by atoms with E-state index < -0.39 is 0 Å². The second kappa shape index (κ2) is 4.46. The second-order valence-corrected chi connectivity index (χ2v) is 4.78.